The van der Waals surface area contributed by atoms with Crippen molar-refractivity contribution in [3.05, 3.63) is 30.1 Å². The van der Waals surface area contributed by atoms with Gasteiger partial charge in [0.15, 0.2) is 0 Å². The normalized spacial score (nSPS) is 15.7. The van der Waals surface area contributed by atoms with Gasteiger partial charge in [0.1, 0.15) is 0 Å². The van der Waals surface area contributed by atoms with E-state index in [2.05, 4.69) is 10.3 Å². The van der Waals surface area contributed by atoms with E-state index < -0.39 is 29.8 Å². The molecule has 0 aliphatic heterocycles. The van der Waals surface area contributed by atoms with Gasteiger partial charge in [0.05, 0.1) is 6.04 Å². The third-order valence-electron chi connectivity index (χ3n) is 2.91. The van der Waals surface area contributed by atoms with E-state index >= 15 is 0 Å². The summed E-state index contributed by atoms with van der Waals surface area (Å²) >= 11 is 0. The number of aromatic nitrogens is 1. The fourth-order valence-corrected chi connectivity index (χ4v) is 1.44. The van der Waals surface area contributed by atoms with Crippen LogP contribution < -0.4 is 10.6 Å². The molecule has 0 saturated carbocycles. The molecule has 9 heteroatoms. The fraction of sp³-hybridized carbons (Fsp3) is 0.417. The van der Waals surface area contributed by atoms with Crippen LogP contribution in [0.25, 0.3) is 0 Å². The van der Waals surface area contributed by atoms with Crippen LogP contribution in [0.2, 0.25) is 0 Å². The Bertz CT molecular complexity index is 521. The molecule has 3 N–H and O–H groups in total. The predicted molar refractivity (Wildman–Crippen MR) is 66.4 cm³/mol. The first-order valence-corrected chi connectivity index (χ1v) is 5.86. The third kappa shape index (κ3) is 3.83. The predicted octanol–water partition coefficient (Wildman–Crippen LogP) is 1.85. The number of carboxylic acids is 1. The van der Waals surface area contributed by atoms with Crippen LogP contribution in [-0.4, -0.2) is 33.8 Å². The molecule has 21 heavy (non-hydrogen) atoms. The molecule has 1 heterocycles. The van der Waals surface area contributed by atoms with Crippen molar-refractivity contribution in [2.45, 2.75) is 31.6 Å². The van der Waals surface area contributed by atoms with Crippen LogP contribution in [0.3, 0.4) is 0 Å². The number of aliphatic carboxylic acids is 1. The molecule has 0 radical (unpaired) electrons. The van der Waals surface area contributed by atoms with Gasteiger partial charge in [0, 0.05) is 12.4 Å². The minimum absolute atomic E-state index is 0.381. The van der Waals surface area contributed by atoms with E-state index in [1.54, 1.807) is 19.1 Å². The van der Waals surface area contributed by atoms with Crippen molar-refractivity contribution in [1.82, 2.24) is 15.6 Å². The zero-order valence-corrected chi connectivity index (χ0v) is 11.2. The molecule has 0 fully saturated rings. The number of pyridine rings is 1. The summed E-state index contributed by atoms with van der Waals surface area (Å²) in [7, 11) is 0. The summed E-state index contributed by atoms with van der Waals surface area (Å²) in [5.41, 5.74) is -2.75. The first kappa shape index (κ1) is 16.7. The summed E-state index contributed by atoms with van der Waals surface area (Å²) in [6, 6.07) is 1.30. The zero-order chi connectivity index (χ0) is 16.3. The van der Waals surface area contributed by atoms with Gasteiger partial charge in [0.25, 0.3) is 0 Å². The lowest BCUT2D eigenvalue weighted by Crippen LogP contribution is -2.63. The number of alkyl halides is 3. The number of nitrogens with one attached hydrogen (secondary N) is 2. The molecule has 0 aliphatic carbocycles. The van der Waals surface area contributed by atoms with E-state index in [4.69, 9.17) is 5.11 Å². The lowest BCUT2D eigenvalue weighted by molar-refractivity contribution is -0.203. The molecule has 2 unspecified atom stereocenters. The van der Waals surface area contributed by atoms with Gasteiger partial charge in [-0.05, 0) is 31.5 Å². The number of carbonyl (C=O) groups is 2. The van der Waals surface area contributed by atoms with Crippen molar-refractivity contribution in [3.63, 3.8) is 0 Å². The highest BCUT2D eigenvalue weighted by Crippen LogP contribution is 2.30. The Morgan fingerprint density at radius 1 is 1.29 bits per heavy atom. The summed E-state index contributed by atoms with van der Waals surface area (Å²) in [4.78, 5) is 26.1. The first-order valence-electron chi connectivity index (χ1n) is 5.86. The molecule has 0 bridgehead atoms. The van der Waals surface area contributed by atoms with Crippen molar-refractivity contribution in [2.24, 2.45) is 0 Å². The average molecular weight is 305 g/mol. The maximum absolute atomic E-state index is 12.7. The minimum Gasteiger partial charge on any atom is -0.479 e. The van der Waals surface area contributed by atoms with E-state index in [1.807, 2.05) is 0 Å². The Kier molecular flexibility index (Phi) is 4.77. The standard InChI is InChI=1S/C12H14F3N3O3/c1-7(8-3-5-16-6-4-8)17-10(21)18-11(2,9(19)20)12(13,14)15/h3-7H,1-2H3,(H,19,20)(H2,17,18,21). The topological polar surface area (TPSA) is 91.3 Å². The molecule has 0 aromatic carbocycles. The van der Waals surface area contributed by atoms with Crippen molar-refractivity contribution in [2.75, 3.05) is 0 Å². The molecule has 2 atom stereocenters. The second-order valence-corrected chi connectivity index (χ2v) is 4.53. The highest BCUT2D eigenvalue weighted by molar-refractivity contribution is 5.86. The van der Waals surface area contributed by atoms with E-state index in [0.717, 1.165) is 0 Å². The van der Waals surface area contributed by atoms with Crippen LogP contribution in [0.5, 0.6) is 0 Å². The molecule has 1 rings (SSSR count). The summed E-state index contributed by atoms with van der Waals surface area (Å²) in [6.45, 7) is 1.92. The van der Waals surface area contributed by atoms with E-state index in [9.17, 15) is 22.8 Å². The largest absolute Gasteiger partial charge is 0.479 e. The van der Waals surface area contributed by atoms with Gasteiger partial charge in [-0.15, -0.1) is 0 Å². The fourth-order valence-electron chi connectivity index (χ4n) is 1.44. The van der Waals surface area contributed by atoms with Gasteiger partial charge in [-0.2, -0.15) is 13.2 Å². The Labute approximate surface area is 118 Å². The number of hydrogen-bond acceptors (Lipinski definition) is 3. The number of amides is 2. The van der Waals surface area contributed by atoms with Crippen LogP contribution in [0.4, 0.5) is 18.0 Å². The molecule has 1 aromatic heterocycles. The number of hydrogen-bond donors (Lipinski definition) is 3. The Morgan fingerprint density at radius 2 is 1.81 bits per heavy atom. The van der Waals surface area contributed by atoms with Crippen molar-refractivity contribution < 1.29 is 27.9 Å². The van der Waals surface area contributed by atoms with Crippen LogP contribution in [0, 0.1) is 0 Å². The van der Waals surface area contributed by atoms with Crippen LogP contribution in [0.15, 0.2) is 24.5 Å². The number of nitrogens with zero attached hydrogens (tertiary/aromatic N) is 1. The maximum Gasteiger partial charge on any atom is 0.422 e. The first-order chi connectivity index (χ1) is 9.58. The van der Waals surface area contributed by atoms with Gasteiger partial charge in [0.2, 0.25) is 5.54 Å². The summed E-state index contributed by atoms with van der Waals surface area (Å²) in [6.07, 6.45) is -2.21. The molecule has 1 aromatic rings. The number of carboxylic acid groups (broad SMARTS) is 1. The SMILES string of the molecule is CC(NC(=O)NC(C)(C(=O)O)C(F)(F)F)c1ccncc1. The van der Waals surface area contributed by atoms with Gasteiger partial charge in [-0.25, -0.2) is 9.59 Å². The number of urea groups is 1. The smallest absolute Gasteiger partial charge is 0.422 e. The number of rotatable bonds is 4. The van der Waals surface area contributed by atoms with Gasteiger partial charge >= 0.3 is 18.2 Å². The Balaban J connectivity index is 2.79. The van der Waals surface area contributed by atoms with Crippen molar-refractivity contribution in [3.8, 4) is 0 Å². The van der Waals surface area contributed by atoms with E-state index in [-0.39, 0.29) is 0 Å². The lowest BCUT2D eigenvalue weighted by Gasteiger charge is -2.29. The van der Waals surface area contributed by atoms with E-state index in [1.165, 1.54) is 17.7 Å². The second-order valence-electron chi connectivity index (χ2n) is 4.53. The molecular formula is C12H14F3N3O3. The molecule has 2 amide bonds. The highest BCUT2D eigenvalue weighted by Gasteiger charge is 2.58. The summed E-state index contributed by atoms with van der Waals surface area (Å²) in [5, 5.41) is 12.4. The van der Waals surface area contributed by atoms with Crippen molar-refractivity contribution >= 4 is 12.0 Å². The summed E-state index contributed by atoms with van der Waals surface area (Å²) < 4.78 is 38.2. The molecule has 116 valence electrons. The lowest BCUT2D eigenvalue weighted by atomic mass is 10.0. The molecule has 0 saturated heterocycles. The highest BCUT2D eigenvalue weighted by atomic mass is 19.4. The van der Waals surface area contributed by atoms with Crippen LogP contribution in [0.1, 0.15) is 25.5 Å². The molecule has 0 spiro atoms. The molecule has 0 aliphatic rings. The van der Waals surface area contributed by atoms with Crippen LogP contribution in [-0.2, 0) is 4.79 Å². The minimum atomic E-state index is -5.13. The van der Waals surface area contributed by atoms with Crippen LogP contribution >= 0.6 is 0 Å². The van der Waals surface area contributed by atoms with Gasteiger partial charge < -0.3 is 15.7 Å². The Morgan fingerprint density at radius 3 is 2.24 bits per heavy atom. The molecular weight excluding hydrogens is 291 g/mol. The average Bonchev–Trinajstić information content (AvgIpc) is 2.37. The summed E-state index contributed by atoms with van der Waals surface area (Å²) in [5.74, 6) is -2.19. The van der Waals surface area contributed by atoms with Crippen molar-refractivity contribution in [1.29, 1.82) is 0 Å². The zero-order valence-electron chi connectivity index (χ0n) is 11.2. The third-order valence-corrected chi connectivity index (χ3v) is 2.91. The van der Waals surface area contributed by atoms with Gasteiger partial charge in [-0.3, -0.25) is 4.98 Å². The molecule has 6 nitrogen and oxygen atoms in total. The maximum atomic E-state index is 12.7. The second kappa shape index (κ2) is 5.98. The Hall–Kier alpha value is -2.32. The van der Waals surface area contributed by atoms with Gasteiger partial charge in [-0.1, -0.05) is 0 Å². The monoisotopic (exact) mass is 305 g/mol. The number of halogens is 3. The quantitative estimate of drug-likeness (QED) is 0.791. The number of carbonyl (C=O) groups excluding carboxylic acids is 1. The van der Waals surface area contributed by atoms with E-state index in [0.29, 0.717) is 12.5 Å².